The molecule has 0 aromatic heterocycles. The Labute approximate surface area is 136 Å². The number of carboxylic acids is 1. The topological polar surface area (TPSA) is 57.6 Å². The fraction of sp³-hybridized carbons (Fsp3) is 0.529. The van der Waals surface area contributed by atoms with E-state index in [2.05, 4.69) is 0 Å². The predicted octanol–water partition coefficient (Wildman–Crippen LogP) is 3.23. The first kappa shape index (κ1) is 16.8. The lowest BCUT2D eigenvalue weighted by atomic mass is 9.99. The summed E-state index contributed by atoms with van der Waals surface area (Å²) < 4.78 is 0. The summed E-state index contributed by atoms with van der Waals surface area (Å²) in [5, 5.41) is 9.74. The van der Waals surface area contributed by atoms with E-state index in [-0.39, 0.29) is 24.4 Å². The van der Waals surface area contributed by atoms with Crippen molar-refractivity contribution < 1.29 is 14.7 Å². The van der Waals surface area contributed by atoms with E-state index in [0.717, 1.165) is 18.4 Å². The number of rotatable bonds is 7. The average molecular weight is 324 g/mol. The molecule has 22 heavy (non-hydrogen) atoms. The zero-order valence-corrected chi connectivity index (χ0v) is 13.7. The van der Waals surface area contributed by atoms with Crippen molar-refractivity contribution in [3.8, 4) is 0 Å². The second-order valence-corrected chi connectivity index (χ2v) is 6.56. The zero-order valence-electron chi connectivity index (χ0n) is 13.0. The Kier molecular flexibility index (Phi) is 5.46. The number of aliphatic carboxylic acids is 1. The van der Waals surface area contributed by atoms with Crippen molar-refractivity contribution in [1.82, 2.24) is 4.90 Å². The van der Waals surface area contributed by atoms with Gasteiger partial charge in [0.1, 0.15) is 0 Å². The van der Waals surface area contributed by atoms with Crippen LogP contribution in [0.2, 0.25) is 5.02 Å². The van der Waals surface area contributed by atoms with Crippen LogP contribution in [-0.4, -0.2) is 34.5 Å². The van der Waals surface area contributed by atoms with E-state index in [0.29, 0.717) is 11.4 Å². The summed E-state index contributed by atoms with van der Waals surface area (Å²) in [7, 11) is 0. The van der Waals surface area contributed by atoms with Crippen LogP contribution < -0.4 is 0 Å². The lowest BCUT2D eigenvalue weighted by molar-refractivity contribution is -0.144. The molecule has 2 rings (SSSR count). The Hall–Kier alpha value is -1.55. The van der Waals surface area contributed by atoms with Gasteiger partial charge in [-0.15, -0.1) is 0 Å². The molecule has 0 aliphatic heterocycles. The molecule has 2 atom stereocenters. The van der Waals surface area contributed by atoms with Crippen molar-refractivity contribution in [2.24, 2.45) is 11.8 Å². The van der Waals surface area contributed by atoms with Gasteiger partial charge in [0, 0.05) is 23.5 Å². The Morgan fingerprint density at radius 3 is 2.45 bits per heavy atom. The van der Waals surface area contributed by atoms with Crippen LogP contribution in [0, 0.1) is 11.8 Å². The number of hydrogen-bond donors (Lipinski definition) is 1. The molecule has 5 heteroatoms. The third kappa shape index (κ3) is 4.23. The van der Waals surface area contributed by atoms with E-state index in [1.165, 1.54) is 0 Å². The quantitative estimate of drug-likeness (QED) is 0.838. The maximum absolute atomic E-state index is 12.7. The van der Waals surface area contributed by atoms with E-state index in [1.807, 2.05) is 31.2 Å². The largest absolute Gasteiger partial charge is 0.481 e. The van der Waals surface area contributed by atoms with E-state index in [1.54, 1.807) is 11.8 Å². The highest BCUT2D eigenvalue weighted by molar-refractivity contribution is 6.31. The maximum atomic E-state index is 12.7. The highest BCUT2D eigenvalue weighted by Crippen LogP contribution is 2.30. The van der Waals surface area contributed by atoms with Crippen molar-refractivity contribution in [1.29, 1.82) is 0 Å². The zero-order chi connectivity index (χ0) is 16.3. The number of carbonyl (C=O) groups excluding carboxylic acids is 1. The third-order valence-corrected chi connectivity index (χ3v) is 4.44. The number of halogens is 1. The lowest BCUT2D eigenvalue weighted by Crippen LogP contribution is -2.41. The smallest absolute Gasteiger partial charge is 0.308 e. The predicted molar refractivity (Wildman–Crippen MR) is 85.9 cm³/mol. The molecule has 0 spiro atoms. The molecule has 120 valence electrons. The van der Waals surface area contributed by atoms with Gasteiger partial charge < -0.3 is 10.0 Å². The molecule has 0 bridgehead atoms. The monoisotopic (exact) mass is 323 g/mol. The van der Waals surface area contributed by atoms with Crippen molar-refractivity contribution in [2.75, 3.05) is 6.54 Å². The highest BCUT2D eigenvalue weighted by Gasteiger charge is 2.36. The first-order valence-corrected chi connectivity index (χ1v) is 8.04. The van der Waals surface area contributed by atoms with Crippen molar-refractivity contribution in [3.63, 3.8) is 0 Å². The molecule has 1 amide bonds. The maximum Gasteiger partial charge on any atom is 0.308 e. The van der Waals surface area contributed by atoms with Crippen molar-refractivity contribution in [2.45, 2.75) is 39.2 Å². The Morgan fingerprint density at radius 1 is 1.27 bits per heavy atom. The highest BCUT2D eigenvalue weighted by atomic mass is 35.5. The third-order valence-electron chi connectivity index (χ3n) is 4.07. The first-order valence-electron chi connectivity index (χ1n) is 7.66. The van der Waals surface area contributed by atoms with Gasteiger partial charge in [-0.3, -0.25) is 9.59 Å². The molecular formula is C17H22ClNO3. The molecular weight excluding hydrogens is 302 g/mol. The van der Waals surface area contributed by atoms with Gasteiger partial charge in [0.05, 0.1) is 5.92 Å². The van der Waals surface area contributed by atoms with Crippen molar-refractivity contribution in [3.05, 3.63) is 34.9 Å². The fourth-order valence-electron chi connectivity index (χ4n) is 2.54. The van der Waals surface area contributed by atoms with Crippen LogP contribution in [0.15, 0.2) is 24.3 Å². The van der Waals surface area contributed by atoms with E-state index in [4.69, 9.17) is 16.7 Å². The van der Waals surface area contributed by atoms with Crippen LogP contribution in [0.4, 0.5) is 0 Å². The van der Waals surface area contributed by atoms with Gasteiger partial charge in [0.2, 0.25) is 5.91 Å². The van der Waals surface area contributed by atoms with E-state index >= 15 is 0 Å². The molecule has 2 unspecified atom stereocenters. The normalized spacial score (nSPS) is 16.9. The second-order valence-electron chi connectivity index (χ2n) is 6.16. The standard InChI is InChI=1S/C17H22ClNO3/c1-11(9-13-5-3-4-6-15(13)18)16(20)19(14-7-8-14)10-12(2)17(21)22/h3-6,11-12,14H,7-10H2,1-2H3,(H,21,22). The van der Waals surface area contributed by atoms with Crippen LogP contribution >= 0.6 is 11.6 Å². The van der Waals surface area contributed by atoms with Gasteiger partial charge in [0.15, 0.2) is 0 Å². The first-order chi connectivity index (χ1) is 10.4. The molecule has 0 heterocycles. The summed E-state index contributed by atoms with van der Waals surface area (Å²) in [5.41, 5.74) is 0.951. The molecule has 1 N–H and O–H groups in total. The minimum absolute atomic E-state index is 0.0236. The SMILES string of the molecule is CC(CN(C(=O)C(C)Cc1ccccc1Cl)C1CC1)C(=O)O. The van der Waals surface area contributed by atoms with Crippen LogP contribution in [0.25, 0.3) is 0 Å². The average Bonchev–Trinajstić information content (AvgIpc) is 3.30. The number of nitrogens with zero attached hydrogens (tertiary/aromatic N) is 1. The summed E-state index contributed by atoms with van der Waals surface area (Å²) in [6, 6.07) is 7.72. The number of amides is 1. The number of benzene rings is 1. The fourth-order valence-corrected chi connectivity index (χ4v) is 2.76. The van der Waals surface area contributed by atoms with Gasteiger partial charge >= 0.3 is 5.97 Å². The molecule has 1 aliphatic rings. The lowest BCUT2D eigenvalue weighted by Gasteiger charge is -2.27. The Morgan fingerprint density at radius 2 is 1.91 bits per heavy atom. The molecule has 1 fully saturated rings. The summed E-state index contributed by atoms with van der Waals surface area (Å²) in [4.78, 5) is 25.5. The summed E-state index contributed by atoms with van der Waals surface area (Å²) in [6.07, 6.45) is 2.51. The molecule has 1 aromatic carbocycles. The number of hydrogen-bond acceptors (Lipinski definition) is 2. The van der Waals surface area contributed by atoms with Gasteiger partial charge in [-0.25, -0.2) is 0 Å². The number of carbonyl (C=O) groups is 2. The van der Waals surface area contributed by atoms with Crippen LogP contribution in [0.1, 0.15) is 32.3 Å². The van der Waals surface area contributed by atoms with Crippen molar-refractivity contribution >= 4 is 23.5 Å². The molecule has 1 saturated carbocycles. The molecule has 0 saturated heterocycles. The van der Waals surface area contributed by atoms with Crippen LogP contribution in [-0.2, 0) is 16.0 Å². The van der Waals surface area contributed by atoms with Gasteiger partial charge in [0.25, 0.3) is 0 Å². The number of carboxylic acid groups (broad SMARTS) is 1. The molecule has 4 nitrogen and oxygen atoms in total. The van der Waals surface area contributed by atoms with Crippen LogP contribution in [0.5, 0.6) is 0 Å². The van der Waals surface area contributed by atoms with Gasteiger partial charge in [-0.1, -0.05) is 43.6 Å². The summed E-state index contributed by atoms with van der Waals surface area (Å²) >= 11 is 6.15. The van der Waals surface area contributed by atoms with E-state index in [9.17, 15) is 9.59 Å². The Balaban J connectivity index is 2.03. The summed E-state index contributed by atoms with van der Waals surface area (Å²) in [5.74, 6) is -1.59. The summed E-state index contributed by atoms with van der Waals surface area (Å²) in [6.45, 7) is 3.81. The molecule has 0 radical (unpaired) electrons. The Bertz CT molecular complexity index is 557. The van der Waals surface area contributed by atoms with Gasteiger partial charge in [-0.05, 0) is 30.9 Å². The molecule has 1 aromatic rings. The van der Waals surface area contributed by atoms with Crippen LogP contribution in [0.3, 0.4) is 0 Å². The van der Waals surface area contributed by atoms with Gasteiger partial charge in [-0.2, -0.15) is 0 Å². The van der Waals surface area contributed by atoms with E-state index < -0.39 is 11.9 Å². The minimum Gasteiger partial charge on any atom is -0.481 e. The minimum atomic E-state index is -0.864. The molecule has 1 aliphatic carbocycles. The second kappa shape index (κ2) is 7.14.